The van der Waals surface area contributed by atoms with Crippen LogP contribution in [-0.2, 0) is 0 Å². The zero-order chi connectivity index (χ0) is 7.28. The van der Waals surface area contributed by atoms with Gasteiger partial charge >= 0.3 is 0 Å². The Bertz CT molecular complexity index is 86.6. The van der Waals surface area contributed by atoms with E-state index < -0.39 is 0 Å². The summed E-state index contributed by atoms with van der Waals surface area (Å²) in [7, 11) is 0. The summed E-state index contributed by atoms with van der Waals surface area (Å²) in [5.41, 5.74) is 0. The molecule has 0 aliphatic heterocycles. The Morgan fingerprint density at radius 1 is 1.56 bits per heavy atom. The van der Waals surface area contributed by atoms with Crippen LogP contribution < -0.4 is 0 Å². The predicted molar refractivity (Wildman–Crippen MR) is 40.3 cm³/mol. The molecule has 0 aliphatic rings. The van der Waals surface area contributed by atoms with Crippen molar-refractivity contribution in [2.45, 2.75) is 33.3 Å². The van der Waals surface area contributed by atoms with Crippen LogP contribution in [0, 0.1) is 5.92 Å². The summed E-state index contributed by atoms with van der Waals surface area (Å²) in [6.07, 6.45) is 4.67. The van der Waals surface area contributed by atoms with Gasteiger partial charge in [-0.15, -0.1) is 0 Å². The van der Waals surface area contributed by atoms with E-state index in [2.05, 4.69) is 0 Å². The second kappa shape index (κ2) is 4.57. The molecular formula is C8H16O. The third-order valence-corrected chi connectivity index (χ3v) is 1.52. The summed E-state index contributed by atoms with van der Waals surface area (Å²) in [6, 6.07) is 0. The molecule has 1 heteroatoms. The number of rotatable bonds is 3. The molecule has 54 valence electrons. The highest BCUT2D eigenvalue weighted by Gasteiger charge is 2.06. The minimum absolute atomic E-state index is 0.166. The molecule has 0 unspecified atom stereocenters. The second-order valence-electron chi connectivity index (χ2n) is 2.36. The first-order valence-electron chi connectivity index (χ1n) is 3.53. The van der Waals surface area contributed by atoms with Gasteiger partial charge in [-0.3, -0.25) is 0 Å². The topological polar surface area (TPSA) is 20.2 Å². The minimum Gasteiger partial charge on any atom is -0.393 e. The fraction of sp³-hybridized carbons (Fsp3) is 0.750. The minimum atomic E-state index is -0.166. The molecule has 0 spiro atoms. The van der Waals surface area contributed by atoms with Crippen molar-refractivity contribution in [1.29, 1.82) is 0 Å². The molecule has 0 amide bonds. The molecule has 0 aromatic heterocycles. The molecule has 0 aliphatic carbocycles. The molecule has 0 aromatic carbocycles. The van der Waals surface area contributed by atoms with Crippen LogP contribution in [0.25, 0.3) is 0 Å². The van der Waals surface area contributed by atoms with Crippen LogP contribution in [0.5, 0.6) is 0 Å². The van der Waals surface area contributed by atoms with Gasteiger partial charge in [0.05, 0.1) is 6.10 Å². The normalized spacial score (nSPS) is 18.2. The van der Waals surface area contributed by atoms with E-state index in [-0.39, 0.29) is 6.10 Å². The average Bonchev–Trinajstić information content (AvgIpc) is 1.87. The van der Waals surface area contributed by atoms with Gasteiger partial charge in [-0.1, -0.05) is 26.0 Å². The fourth-order valence-corrected chi connectivity index (χ4v) is 0.804. The van der Waals surface area contributed by atoms with Gasteiger partial charge in [0.25, 0.3) is 0 Å². The first-order chi connectivity index (χ1) is 4.22. The lowest BCUT2D eigenvalue weighted by molar-refractivity contribution is 0.133. The van der Waals surface area contributed by atoms with E-state index in [0.717, 1.165) is 6.42 Å². The summed E-state index contributed by atoms with van der Waals surface area (Å²) in [4.78, 5) is 0. The summed E-state index contributed by atoms with van der Waals surface area (Å²) >= 11 is 0. The molecule has 0 radical (unpaired) electrons. The summed E-state index contributed by atoms with van der Waals surface area (Å²) in [5.74, 6) is 0.306. The Morgan fingerprint density at radius 2 is 2.11 bits per heavy atom. The molecule has 0 aromatic rings. The zero-order valence-corrected chi connectivity index (χ0v) is 6.46. The quantitative estimate of drug-likeness (QED) is 0.576. The van der Waals surface area contributed by atoms with Crippen LogP contribution >= 0.6 is 0 Å². The molecule has 0 saturated heterocycles. The largest absolute Gasteiger partial charge is 0.393 e. The van der Waals surface area contributed by atoms with E-state index in [1.807, 2.05) is 32.9 Å². The van der Waals surface area contributed by atoms with Crippen LogP contribution in [0.4, 0.5) is 0 Å². The van der Waals surface area contributed by atoms with Crippen LogP contribution in [0.15, 0.2) is 12.2 Å². The van der Waals surface area contributed by atoms with Crippen LogP contribution in [-0.4, -0.2) is 11.2 Å². The highest BCUT2D eigenvalue weighted by atomic mass is 16.3. The van der Waals surface area contributed by atoms with Gasteiger partial charge in [0.15, 0.2) is 0 Å². The van der Waals surface area contributed by atoms with Crippen LogP contribution in [0.1, 0.15) is 27.2 Å². The standard InChI is InChI=1S/C8H16O/c1-4-6-7(3)8(9)5-2/h4,6-9H,5H2,1-3H3/b6-4+/t7-,8-/m0/s1. The maximum atomic E-state index is 9.21. The smallest absolute Gasteiger partial charge is 0.0597 e. The van der Waals surface area contributed by atoms with Gasteiger partial charge in [-0.2, -0.15) is 0 Å². The summed E-state index contributed by atoms with van der Waals surface area (Å²) in [5, 5.41) is 9.21. The molecule has 0 saturated carbocycles. The number of allylic oxidation sites excluding steroid dienone is 1. The Labute approximate surface area is 57.4 Å². The van der Waals surface area contributed by atoms with Crippen molar-refractivity contribution in [3.8, 4) is 0 Å². The van der Waals surface area contributed by atoms with Crippen molar-refractivity contribution in [3.63, 3.8) is 0 Å². The number of aliphatic hydroxyl groups is 1. The molecule has 2 atom stereocenters. The van der Waals surface area contributed by atoms with E-state index in [4.69, 9.17) is 0 Å². The maximum absolute atomic E-state index is 9.21. The van der Waals surface area contributed by atoms with E-state index in [1.54, 1.807) is 0 Å². The molecule has 1 nitrogen and oxygen atoms in total. The van der Waals surface area contributed by atoms with Gasteiger partial charge in [0.1, 0.15) is 0 Å². The van der Waals surface area contributed by atoms with Gasteiger partial charge in [-0.05, 0) is 19.3 Å². The monoisotopic (exact) mass is 128 g/mol. The van der Waals surface area contributed by atoms with E-state index in [9.17, 15) is 5.11 Å². The maximum Gasteiger partial charge on any atom is 0.0597 e. The van der Waals surface area contributed by atoms with Gasteiger partial charge < -0.3 is 5.11 Å². The lowest BCUT2D eigenvalue weighted by atomic mass is 10.0. The second-order valence-corrected chi connectivity index (χ2v) is 2.36. The van der Waals surface area contributed by atoms with Crippen molar-refractivity contribution in [2.75, 3.05) is 0 Å². The van der Waals surface area contributed by atoms with E-state index in [0.29, 0.717) is 5.92 Å². The highest BCUT2D eigenvalue weighted by Crippen LogP contribution is 2.06. The summed E-state index contributed by atoms with van der Waals surface area (Å²) < 4.78 is 0. The predicted octanol–water partition coefficient (Wildman–Crippen LogP) is 1.97. The Morgan fingerprint density at radius 3 is 2.44 bits per heavy atom. The number of hydrogen-bond acceptors (Lipinski definition) is 1. The third kappa shape index (κ3) is 3.31. The van der Waals surface area contributed by atoms with Crippen molar-refractivity contribution >= 4 is 0 Å². The molecule has 1 N–H and O–H groups in total. The van der Waals surface area contributed by atoms with E-state index in [1.165, 1.54) is 0 Å². The van der Waals surface area contributed by atoms with Gasteiger partial charge in [0.2, 0.25) is 0 Å². The first-order valence-corrected chi connectivity index (χ1v) is 3.53. The van der Waals surface area contributed by atoms with Crippen LogP contribution in [0.3, 0.4) is 0 Å². The van der Waals surface area contributed by atoms with E-state index >= 15 is 0 Å². The van der Waals surface area contributed by atoms with Crippen molar-refractivity contribution in [1.82, 2.24) is 0 Å². The average molecular weight is 128 g/mol. The zero-order valence-electron chi connectivity index (χ0n) is 6.46. The molecule has 9 heavy (non-hydrogen) atoms. The summed E-state index contributed by atoms with van der Waals surface area (Å²) in [6.45, 7) is 5.98. The molecule has 0 heterocycles. The molecule has 0 bridgehead atoms. The van der Waals surface area contributed by atoms with Crippen molar-refractivity contribution in [2.24, 2.45) is 5.92 Å². The van der Waals surface area contributed by atoms with Crippen LogP contribution in [0.2, 0.25) is 0 Å². The molecule has 0 rings (SSSR count). The fourth-order valence-electron chi connectivity index (χ4n) is 0.804. The Kier molecular flexibility index (Phi) is 4.41. The highest BCUT2D eigenvalue weighted by molar-refractivity contribution is 4.86. The number of aliphatic hydroxyl groups excluding tert-OH is 1. The first kappa shape index (κ1) is 8.70. The Balaban J connectivity index is 3.58. The molecular weight excluding hydrogens is 112 g/mol. The third-order valence-electron chi connectivity index (χ3n) is 1.52. The van der Waals surface area contributed by atoms with Gasteiger partial charge in [-0.25, -0.2) is 0 Å². The number of hydrogen-bond donors (Lipinski definition) is 1. The molecule has 0 fully saturated rings. The Hall–Kier alpha value is -0.300. The van der Waals surface area contributed by atoms with Crippen molar-refractivity contribution < 1.29 is 5.11 Å². The SMILES string of the molecule is C/C=C/[C@H](C)[C@@H](O)CC. The van der Waals surface area contributed by atoms with Gasteiger partial charge in [0, 0.05) is 0 Å². The lowest BCUT2D eigenvalue weighted by Crippen LogP contribution is -2.13. The lowest BCUT2D eigenvalue weighted by Gasteiger charge is -2.11. The van der Waals surface area contributed by atoms with Crippen molar-refractivity contribution in [3.05, 3.63) is 12.2 Å².